The highest BCUT2D eigenvalue weighted by Gasteiger charge is 2.57. The second kappa shape index (κ2) is 5.99. The van der Waals surface area contributed by atoms with E-state index in [4.69, 9.17) is 9.84 Å². The van der Waals surface area contributed by atoms with Crippen molar-refractivity contribution in [3.8, 4) is 5.75 Å². The number of hydrogen-bond donors (Lipinski definition) is 3. The molecule has 25 heavy (non-hydrogen) atoms. The van der Waals surface area contributed by atoms with Crippen molar-refractivity contribution in [1.82, 2.24) is 0 Å². The Morgan fingerprint density at radius 1 is 1.32 bits per heavy atom. The van der Waals surface area contributed by atoms with E-state index >= 15 is 0 Å². The van der Waals surface area contributed by atoms with Gasteiger partial charge in [-0.2, -0.15) is 0 Å². The van der Waals surface area contributed by atoms with E-state index in [0.29, 0.717) is 29.9 Å². The molecule has 136 valence electrons. The van der Waals surface area contributed by atoms with Gasteiger partial charge in [0.2, 0.25) is 0 Å². The zero-order chi connectivity index (χ0) is 17.8. The molecule has 1 aromatic carbocycles. The van der Waals surface area contributed by atoms with Crippen molar-refractivity contribution in [2.75, 3.05) is 6.61 Å². The number of aliphatic carboxylic acids is 1. The summed E-state index contributed by atoms with van der Waals surface area (Å²) in [6.45, 7) is 1.83. The summed E-state index contributed by atoms with van der Waals surface area (Å²) < 4.78 is 5.32. The molecule has 6 unspecified atom stereocenters. The molecule has 0 spiro atoms. The van der Waals surface area contributed by atoms with E-state index in [1.54, 1.807) is 0 Å². The first kappa shape index (κ1) is 16.9. The number of aliphatic hydroxyl groups excluding tert-OH is 2. The molecular weight excluding hydrogens is 320 g/mol. The Labute approximate surface area is 147 Å². The van der Waals surface area contributed by atoms with Crippen LogP contribution in [-0.4, -0.2) is 40.1 Å². The fraction of sp³-hybridized carbons (Fsp3) is 0.650. The Balaban J connectivity index is 1.58. The fourth-order valence-electron chi connectivity index (χ4n) is 5.78. The smallest absolute Gasteiger partial charge is 0.341 e. The van der Waals surface area contributed by atoms with Crippen LogP contribution in [0.3, 0.4) is 0 Å². The van der Waals surface area contributed by atoms with Gasteiger partial charge in [0.25, 0.3) is 0 Å². The first-order valence-electron chi connectivity index (χ1n) is 9.23. The van der Waals surface area contributed by atoms with Gasteiger partial charge in [0, 0.05) is 0 Å². The zero-order valence-electron chi connectivity index (χ0n) is 14.5. The first-order valence-corrected chi connectivity index (χ1v) is 9.23. The molecule has 6 atom stereocenters. The summed E-state index contributed by atoms with van der Waals surface area (Å²) in [7, 11) is 0. The van der Waals surface area contributed by atoms with Gasteiger partial charge in [0.1, 0.15) is 5.75 Å². The van der Waals surface area contributed by atoms with Gasteiger partial charge in [0.15, 0.2) is 6.61 Å². The highest BCUT2D eigenvalue weighted by molar-refractivity contribution is 5.68. The second-order valence-corrected chi connectivity index (χ2v) is 8.25. The third kappa shape index (κ3) is 2.64. The van der Waals surface area contributed by atoms with Gasteiger partial charge in [-0.15, -0.1) is 0 Å². The molecule has 0 saturated heterocycles. The number of ether oxygens (including phenoxy) is 1. The minimum atomic E-state index is -0.970. The van der Waals surface area contributed by atoms with Crippen LogP contribution in [0.25, 0.3) is 0 Å². The molecule has 0 amide bonds. The maximum atomic E-state index is 10.7. The maximum absolute atomic E-state index is 10.7. The molecule has 1 aromatic rings. The molecule has 4 rings (SSSR count). The van der Waals surface area contributed by atoms with Gasteiger partial charge >= 0.3 is 5.97 Å². The average molecular weight is 346 g/mol. The Bertz CT molecular complexity index is 687. The monoisotopic (exact) mass is 346 g/mol. The summed E-state index contributed by atoms with van der Waals surface area (Å²) in [5.74, 6) is 0.985. The van der Waals surface area contributed by atoms with Crippen LogP contribution in [0.15, 0.2) is 18.2 Å². The molecule has 3 aliphatic carbocycles. The lowest BCUT2D eigenvalue weighted by Gasteiger charge is -2.49. The summed E-state index contributed by atoms with van der Waals surface area (Å²) >= 11 is 0. The number of rotatable bonds is 3. The van der Waals surface area contributed by atoms with Crippen LogP contribution in [-0.2, 0) is 11.2 Å². The van der Waals surface area contributed by atoms with Crippen LogP contribution in [0.4, 0.5) is 0 Å². The number of hydrogen-bond acceptors (Lipinski definition) is 4. The molecule has 0 aromatic heterocycles. The zero-order valence-corrected chi connectivity index (χ0v) is 14.5. The molecule has 5 nitrogen and oxygen atoms in total. The minimum Gasteiger partial charge on any atom is -0.482 e. The molecule has 3 aliphatic rings. The maximum Gasteiger partial charge on any atom is 0.341 e. The number of fused-ring (bicyclic) bond motifs is 5. The number of aryl methyl sites for hydroxylation is 1. The van der Waals surface area contributed by atoms with Crippen molar-refractivity contribution in [3.63, 3.8) is 0 Å². The molecule has 2 saturated carbocycles. The van der Waals surface area contributed by atoms with Crippen LogP contribution >= 0.6 is 0 Å². The second-order valence-electron chi connectivity index (χ2n) is 8.25. The van der Waals surface area contributed by atoms with Crippen LogP contribution in [0.1, 0.15) is 49.7 Å². The average Bonchev–Trinajstić information content (AvgIpc) is 2.83. The molecule has 2 fully saturated rings. The van der Waals surface area contributed by atoms with Crippen molar-refractivity contribution in [3.05, 3.63) is 29.3 Å². The summed E-state index contributed by atoms with van der Waals surface area (Å²) in [5.41, 5.74) is 2.44. The molecule has 3 N–H and O–H groups in total. The van der Waals surface area contributed by atoms with Gasteiger partial charge in [0.05, 0.1) is 12.2 Å². The Morgan fingerprint density at radius 3 is 2.88 bits per heavy atom. The van der Waals surface area contributed by atoms with Crippen LogP contribution < -0.4 is 4.74 Å². The largest absolute Gasteiger partial charge is 0.482 e. The van der Waals surface area contributed by atoms with Crippen LogP contribution in [0.2, 0.25) is 0 Å². The minimum absolute atomic E-state index is 0.164. The van der Waals surface area contributed by atoms with Crippen molar-refractivity contribution < 1.29 is 24.9 Å². The Morgan fingerprint density at radius 2 is 2.12 bits per heavy atom. The summed E-state index contributed by atoms with van der Waals surface area (Å²) in [6.07, 6.45) is 3.47. The highest BCUT2D eigenvalue weighted by Crippen LogP contribution is 2.60. The third-order valence-corrected chi connectivity index (χ3v) is 7.03. The van der Waals surface area contributed by atoms with Gasteiger partial charge in [-0.1, -0.05) is 13.0 Å². The number of benzene rings is 1. The van der Waals surface area contributed by atoms with Crippen LogP contribution in [0, 0.1) is 17.3 Å². The van der Waals surface area contributed by atoms with Gasteiger partial charge in [-0.3, -0.25) is 0 Å². The highest BCUT2D eigenvalue weighted by atomic mass is 16.5. The molecule has 0 radical (unpaired) electrons. The number of aliphatic hydroxyl groups is 2. The van der Waals surface area contributed by atoms with Crippen molar-refractivity contribution in [2.24, 2.45) is 17.3 Å². The molecule has 0 bridgehead atoms. The van der Waals surface area contributed by atoms with E-state index in [0.717, 1.165) is 25.7 Å². The topological polar surface area (TPSA) is 87.0 Å². The molecule has 0 aliphatic heterocycles. The van der Waals surface area contributed by atoms with Gasteiger partial charge in [-0.25, -0.2) is 4.79 Å². The van der Waals surface area contributed by atoms with E-state index in [2.05, 4.69) is 13.0 Å². The lowest BCUT2D eigenvalue weighted by molar-refractivity contribution is -0.139. The lowest BCUT2D eigenvalue weighted by Crippen LogP contribution is -2.44. The van der Waals surface area contributed by atoms with E-state index < -0.39 is 18.2 Å². The number of carboxylic acids is 1. The summed E-state index contributed by atoms with van der Waals surface area (Å²) in [5, 5.41) is 29.4. The first-order chi connectivity index (χ1) is 11.9. The Hall–Kier alpha value is -1.59. The molecular formula is C20H26O5. The quantitative estimate of drug-likeness (QED) is 0.782. The van der Waals surface area contributed by atoms with Crippen molar-refractivity contribution in [2.45, 2.75) is 57.2 Å². The predicted molar refractivity (Wildman–Crippen MR) is 91.6 cm³/mol. The normalized spacial score (nSPS) is 39.2. The third-order valence-electron chi connectivity index (χ3n) is 7.03. The van der Waals surface area contributed by atoms with E-state index in [9.17, 15) is 15.0 Å². The van der Waals surface area contributed by atoms with E-state index in [1.165, 1.54) is 11.1 Å². The summed E-state index contributed by atoms with van der Waals surface area (Å²) in [4.78, 5) is 10.7. The van der Waals surface area contributed by atoms with Crippen molar-refractivity contribution in [1.29, 1.82) is 0 Å². The van der Waals surface area contributed by atoms with Gasteiger partial charge < -0.3 is 20.1 Å². The van der Waals surface area contributed by atoms with Crippen molar-refractivity contribution >= 4 is 5.97 Å². The van der Waals surface area contributed by atoms with Crippen LogP contribution in [0.5, 0.6) is 5.75 Å². The number of carbonyl (C=O) groups is 1. The molecule has 5 heteroatoms. The van der Waals surface area contributed by atoms with E-state index in [-0.39, 0.29) is 12.0 Å². The number of carboxylic acid groups (broad SMARTS) is 1. The SMILES string of the molecule is CC12CCC3c4ccc(OCC(=O)O)cc4CCC3C1CC(O)C2O. The Kier molecular flexibility index (Phi) is 4.04. The predicted octanol–water partition coefficient (Wildman–Crippen LogP) is 2.34. The lowest BCUT2D eigenvalue weighted by atomic mass is 9.55. The fourth-order valence-corrected chi connectivity index (χ4v) is 5.78. The van der Waals surface area contributed by atoms with E-state index in [1.807, 2.05) is 12.1 Å². The van der Waals surface area contributed by atoms with Gasteiger partial charge in [-0.05, 0) is 78.5 Å². The molecule has 0 heterocycles. The standard InChI is InChI=1S/C20H26O5/c1-20-7-6-14-13-5-3-12(25-10-18(22)23)8-11(13)2-4-15(14)16(20)9-17(21)19(20)24/h3,5,8,14-17,19,21,24H,2,4,6-7,9-10H2,1H3,(H,22,23). The summed E-state index contributed by atoms with van der Waals surface area (Å²) in [6, 6.07) is 5.95.